The number of hydrogen-bond donors (Lipinski definition) is 3. The van der Waals surface area contributed by atoms with E-state index in [1.807, 2.05) is 11.6 Å². The third-order valence-corrected chi connectivity index (χ3v) is 7.40. The van der Waals surface area contributed by atoms with Gasteiger partial charge in [-0.05, 0) is 23.8 Å². The van der Waals surface area contributed by atoms with Gasteiger partial charge in [0.1, 0.15) is 11.2 Å². The number of nitrogens with two attached hydrogens (primary N) is 1. The molecule has 13 heteroatoms. The molecule has 3 aromatic heterocycles. The van der Waals surface area contributed by atoms with Crippen LogP contribution in [0.2, 0.25) is 0 Å². The van der Waals surface area contributed by atoms with Gasteiger partial charge in [0.05, 0.1) is 35.0 Å². The van der Waals surface area contributed by atoms with Crippen molar-refractivity contribution in [3.63, 3.8) is 0 Å². The number of rotatable bonds is 5. The number of benzene rings is 1. The highest BCUT2D eigenvalue weighted by Gasteiger charge is 2.30. The van der Waals surface area contributed by atoms with Gasteiger partial charge in [-0.15, -0.1) is 0 Å². The normalized spacial score (nSPS) is 14.3. The first kappa shape index (κ1) is 21.6. The van der Waals surface area contributed by atoms with E-state index in [1.54, 1.807) is 44.0 Å². The topological polar surface area (TPSA) is 161 Å². The Morgan fingerprint density at radius 2 is 1.94 bits per heavy atom. The van der Waals surface area contributed by atoms with Gasteiger partial charge in [0.2, 0.25) is 10.0 Å². The molecular formula is C21H21N9O3S. The molecule has 1 aliphatic rings. The highest BCUT2D eigenvalue weighted by Crippen LogP contribution is 2.36. The summed E-state index contributed by atoms with van der Waals surface area (Å²) in [5.74, 6) is -0.361. The Morgan fingerprint density at radius 3 is 2.68 bits per heavy atom. The molecule has 0 unspecified atom stereocenters. The van der Waals surface area contributed by atoms with Crippen LogP contribution in [0, 0.1) is 0 Å². The van der Waals surface area contributed by atoms with Gasteiger partial charge in [-0.3, -0.25) is 14.1 Å². The Bertz CT molecular complexity index is 1580. The molecule has 1 amide bonds. The van der Waals surface area contributed by atoms with Gasteiger partial charge >= 0.3 is 0 Å². The number of nitrogens with one attached hydrogen (secondary N) is 2. The fourth-order valence-corrected chi connectivity index (χ4v) is 5.23. The van der Waals surface area contributed by atoms with Crippen LogP contribution in [-0.2, 0) is 22.8 Å². The van der Waals surface area contributed by atoms with Gasteiger partial charge < -0.3 is 20.9 Å². The lowest BCUT2D eigenvalue weighted by atomic mass is 10.1. The molecular weight excluding hydrogens is 458 g/mol. The van der Waals surface area contributed by atoms with Crippen molar-refractivity contribution in [2.75, 3.05) is 29.0 Å². The zero-order chi connectivity index (χ0) is 24.2. The van der Waals surface area contributed by atoms with Crippen molar-refractivity contribution in [2.24, 2.45) is 12.8 Å². The number of anilines is 4. The van der Waals surface area contributed by atoms with Crippen molar-refractivity contribution in [3.05, 3.63) is 48.2 Å². The second-order valence-corrected chi connectivity index (χ2v) is 9.83. The van der Waals surface area contributed by atoms with Gasteiger partial charge in [0.15, 0.2) is 17.3 Å². The minimum atomic E-state index is -3.38. The van der Waals surface area contributed by atoms with E-state index >= 15 is 0 Å². The van der Waals surface area contributed by atoms with E-state index in [2.05, 4.69) is 30.6 Å². The third-order valence-electron chi connectivity index (χ3n) is 5.70. The second kappa shape index (κ2) is 7.66. The molecule has 12 nitrogen and oxygen atoms in total. The first-order valence-electron chi connectivity index (χ1n) is 10.2. The zero-order valence-electron chi connectivity index (χ0n) is 18.6. The Balaban J connectivity index is 1.60. The van der Waals surface area contributed by atoms with Crippen molar-refractivity contribution >= 4 is 50.0 Å². The highest BCUT2D eigenvalue weighted by molar-refractivity contribution is 7.92. The molecule has 5 rings (SSSR count). The summed E-state index contributed by atoms with van der Waals surface area (Å²) >= 11 is 0. The molecule has 34 heavy (non-hydrogen) atoms. The summed E-state index contributed by atoms with van der Waals surface area (Å²) in [5, 5.41) is 6.06. The smallest absolute Gasteiger partial charge is 0.271 e. The first-order chi connectivity index (χ1) is 16.2. The molecule has 1 aromatic carbocycles. The second-order valence-electron chi connectivity index (χ2n) is 7.83. The minimum Gasteiger partial charge on any atom is -0.371 e. The molecule has 0 fully saturated rings. The molecule has 0 saturated heterocycles. The van der Waals surface area contributed by atoms with E-state index in [4.69, 9.17) is 5.73 Å². The van der Waals surface area contributed by atoms with E-state index in [-0.39, 0.29) is 17.3 Å². The number of carbonyl (C=O) groups excluding carboxylic acids is 1. The van der Waals surface area contributed by atoms with Crippen LogP contribution in [0.1, 0.15) is 16.1 Å². The summed E-state index contributed by atoms with van der Waals surface area (Å²) < 4.78 is 27.4. The molecule has 0 radical (unpaired) electrons. The van der Waals surface area contributed by atoms with Gasteiger partial charge in [-0.1, -0.05) is 0 Å². The summed E-state index contributed by atoms with van der Waals surface area (Å²) in [7, 11) is 1.67. The number of aryl methyl sites for hydroxylation is 1. The molecule has 174 valence electrons. The lowest BCUT2D eigenvalue weighted by molar-refractivity contribution is 0.0996. The lowest BCUT2D eigenvalue weighted by Gasteiger charge is -2.15. The Hall–Kier alpha value is -4.26. The SMILES string of the molecule is CNc1nc(Nc2ccc3c(c2)CS(=O)(=O)N3C)c(C(N)=O)nc1-c1cncc2c1ncn2C. The van der Waals surface area contributed by atoms with Gasteiger partial charge in [-0.25, -0.2) is 23.4 Å². The largest absolute Gasteiger partial charge is 0.371 e. The highest BCUT2D eigenvalue weighted by atomic mass is 32.2. The summed E-state index contributed by atoms with van der Waals surface area (Å²) in [6, 6.07) is 5.10. The van der Waals surface area contributed by atoms with Crippen LogP contribution in [0.15, 0.2) is 36.9 Å². The predicted octanol–water partition coefficient (Wildman–Crippen LogP) is 1.59. The van der Waals surface area contributed by atoms with Crippen LogP contribution < -0.4 is 20.7 Å². The molecule has 4 heterocycles. The molecule has 4 N–H and O–H groups in total. The number of imidazole rings is 1. The number of aromatic nitrogens is 5. The number of nitrogens with zero attached hydrogens (tertiary/aromatic N) is 6. The van der Waals surface area contributed by atoms with Crippen LogP contribution in [0.25, 0.3) is 22.3 Å². The third kappa shape index (κ3) is 3.37. The number of primary amides is 1. The average molecular weight is 480 g/mol. The maximum atomic E-state index is 12.3. The number of sulfonamides is 1. The fourth-order valence-electron chi connectivity index (χ4n) is 3.94. The Kier molecular flexibility index (Phi) is 4.86. The number of pyridine rings is 1. The zero-order valence-corrected chi connectivity index (χ0v) is 19.4. The van der Waals surface area contributed by atoms with Gasteiger partial charge in [0, 0.05) is 33.0 Å². The van der Waals surface area contributed by atoms with Crippen molar-refractivity contribution in [2.45, 2.75) is 5.75 Å². The van der Waals surface area contributed by atoms with Crippen molar-refractivity contribution in [1.82, 2.24) is 24.5 Å². The number of fused-ring (bicyclic) bond motifs is 2. The van der Waals surface area contributed by atoms with E-state index in [9.17, 15) is 13.2 Å². The fraction of sp³-hybridized carbons (Fsp3) is 0.190. The summed E-state index contributed by atoms with van der Waals surface area (Å²) in [4.78, 5) is 30.1. The summed E-state index contributed by atoms with van der Waals surface area (Å²) in [6.45, 7) is 0. The first-order valence-corrected chi connectivity index (χ1v) is 11.8. The predicted molar refractivity (Wildman–Crippen MR) is 128 cm³/mol. The van der Waals surface area contributed by atoms with Crippen LogP contribution in [0.4, 0.5) is 23.0 Å². The molecule has 0 saturated carbocycles. The van der Waals surface area contributed by atoms with Crippen molar-refractivity contribution in [1.29, 1.82) is 0 Å². The number of carbonyl (C=O) groups is 1. The van der Waals surface area contributed by atoms with Gasteiger partial charge in [0.25, 0.3) is 5.91 Å². The monoisotopic (exact) mass is 479 g/mol. The van der Waals surface area contributed by atoms with Crippen LogP contribution in [0.3, 0.4) is 0 Å². The molecule has 0 atom stereocenters. The lowest BCUT2D eigenvalue weighted by Crippen LogP contribution is -2.20. The summed E-state index contributed by atoms with van der Waals surface area (Å²) in [5.41, 5.74) is 9.77. The van der Waals surface area contributed by atoms with Gasteiger partial charge in [-0.2, -0.15) is 0 Å². The maximum Gasteiger partial charge on any atom is 0.271 e. The number of hydrogen-bond acceptors (Lipinski definition) is 9. The van der Waals surface area contributed by atoms with Crippen LogP contribution in [0.5, 0.6) is 0 Å². The molecule has 4 aromatic rings. The maximum absolute atomic E-state index is 12.3. The standard InChI is InChI=1S/C21H21N9O3S/c1-23-20-17(13-7-24-8-15-16(13)25-10-29(15)2)27-18(19(22)31)21(28-20)26-12-4-5-14-11(6-12)9-34(32,33)30(14)3/h4-8,10H,9H2,1-3H3,(H2,22,31)(H2,23,26,28). The number of amides is 1. The van der Waals surface area contributed by atoms with Crippen molar-refractivity contribution in [3.8, 4) is 11.3 Å². The molecule has 0 spiro atoms. The molecule has 0 bridgehead atoms. The van der Waals surface area contributed by atoms with E-state index < -0.39 is 15.9 Å². The van der Waals surface area contributed by atoms with E-state index in [0.29, 0.717) is 39.5 Å². The Labute approximate surface area is 194 Å². The minimum absolute atomic E-state index is 0.0767. The van der Waals surface area contributed by atoms with E-state index in [0.717, 1.165) is 5.52 Å². The van der Waals surface area contributed by atoms with E-state index in [1.165, 1.54) is 11.4 Å². The summed E-state index contributed by atoms with van der Waals surface area (Å²) in [6.07, 6.45) is 4.96. The quantitative estimate of drug-likeness (QED) is 0.386. The van der Waals surface area contributed by atoms with Crippen LogP contribution in [-0.4, -0.2) is 52.9 Å². The van der Waals surface area contributed by atoms with Crippen LogP contribution >= 0.6 is 0 Å². The molecule has 0 aliphatic carbocycles. The van der Waals surface area contributed by atoms with Crippen molar-refractivity contribution < 1.29 is 13.2 Å². The molecule has 1 aliphatic heterocycles. The Morgan fingerprint density at radius 1 is 1.15 bits per heavy atom. The average Bonchev–Trinajstić information content (AvgIpc) is 3.29.